The minimum Gasteiger partial charge on any atom is -0.508 e. The average Bonchev–Trinajstić information content (AvgIpc) is 2.70. The van der Waals surface area contributed by atoms with Crippen molar-refractivity contribution in [3.05, 3.63) is 57.6 Å². The van der Waals surface area contributed by atoms with Crippen molar-refractivity contribution in [1.29, 1.82) is 0 Å². The van der Waals surface area contributed by atoms with Gasteiger partial charge < -0.3 is 25.7 Å². The number of thioether (sulfide) groups is 1. The number of aromatic hydroxyl groups is 2. The van der Waals surface area contributed by atoms with E-state index >= 15 is 0 Å². The topological polar surface area (TPSA) is 143 Å². The molecule has 3 rings (SSSR count). The first kappa shape index (κ1) is 21.8. The smallest absolute Gasteiger partial charge is 0.244 e. The molecule has 30 heavy (non-hydrogen) atoms. The Morgan fingerprint density at radius 3 is 2.47 bits per heavy atom. The number of hydrogen-bond donors (Lipinski definition) is 4. The van der Waals surface area contributed by atoms with Crippen molar-refractivity contribution in [1.82, 2.24) is 5.32 Å². The molecular formula is C21H24N2O6S. The number of amides is 2. The molecule has 8 nitrogen and oxygen atoms in total. The zero-order valence-corrected chi connectivity index (χ0v) is 17.3. The lowest BCUT2D eigenvalue weighted by Gasteiger charge is -2.36. The van der Waals surface area contributed by atoms with Crippen molar-refractivity contribution in [3.63, 3.8) is 0 Å². The van der Waals surface area contributed by atoms with Gasteiger partial charge in [-0.05, 0) is 49.0 Å². The van der Waals surface area contributed by atoms with Crippen molar-refractivity contribution < 1.29 is 24.2 Å². The van der Waals surface area contributed by atoms with Gasteiger partial charge in [-0.3, -0.25) is 14.4 Å². The van der Waals surface area contributed by atoms with E-state index in [2.05, 4.69) is 5.32 Å². The third kappa shape index (κ3) is 4.62. The lowest BCUT2D eigenvalue weighted by molar-refractivity contribution is -0.128. The predicted octanol–water partition coefficient (Wildman–Crippen LogP) is 1.86. The molecule has 2 amide bonds. The number of phenolic OH excluding ortho intramolecular Hbond substituents is 1. The molecule has 0 bridgehead atoms. The number of primary amides is 1. The zero-order valence-electron chi connectivity index (χ0n) is 16.5. The summed E-state index contributed by atoms with van der Waals surface area (Å²) in [6.45, 7) is 1.61. The van der Waals surface area contributed by atoms with E-state index < -0.39 is 34.4 Å². The first-order chi connectivity index (χ1) is 14.2. The molecule has 1 aliphatic heterocycles. The molecule has 1 aromatic heterocycles. The Labute approximate surface area is 177 Å². The highest BCUT2D eigenvalue weighted by Gasteiger charge is 2.42. The van der Waals surface area contributed by atoms with Crippen molar-refractivity contribution in [2.45, 2.75) is 37.6 Å². The van der Waals surface area contributed by atoms with Crippen LogP contribution >= 0.6 is 11.8 Å². The first-order valence-corrected chi connectivity index (χ1v) is 10.7. The lowest BCUT2D eigenvalue weighted by atomic mass is 9.75. The van der Waals surface area contributed by atoms with E-state index in [9.17, 15) is 24.6 Å². The minimum absolute atomic E-state index is 0.0249. The van der Waals surface area contributed by atoms with Crippen LogP contribution in [0.4, 0.5) is 0 Å². The molecule has 1 aliphatic rings. The molecule has 0 aliphatic carbocycles. The summed E-state index contributed by atoms with van der Waals surface area (Å²) in [5.74, 6) is 0.285. The molecule has 0 saturated carbocycles. The summed E-state index contributed by atoms with van der Waals surface area (Å²) in [4.78, 5) is 37.0. The van der Waals surface area contributed by atoms with E-state index in [1.165, 1.54) is 30.3 Å². The zero-order chi connectivity index (χ0) is 21.9. The Balaban J connectivity index is 1.90. The molecule has 0 spiro atoms. The number of nitrogens with one attached hydrogen (secondary N) is 1. The monoisotopic (exact) mass is 432 g/mol. The van der Waals surface area contributed by atoms with Gasteiger partial charge >= 0.3 is 0 Å². The number of hydrogen-bond acceptors (Lipinski definition) is 7. The number of phenols is 1. The third-order valence-corrected chi connectivity index (χ3v) is 6.28. The molecule has 2 aromatic rings. The molecule has 0 radical (unpaired) electrons. The number of rotatable bonds is 6. The second-order valence-corrected chi connectivity index (χ2v) is 8.69. The Hall–Kier alpha value is -2.94. The fourth-order valence-electron chi connectivity index (χ4n) is 3.71. The van der Waals surface area contributed by atoms with Gasteiger partial charge in [0.2, 0.25) is 23.0 Å². The van der Waals surface area contributed by atoms with E-state index in [0.717, 1.165) is 11.5 Å². The van der Waals surface area contributed by atoms with Gasteiger partial charge in [-0.25, -0.2) is 0 Å². The quantitative estimate of drug-likeness (QED) is 0.545. The van der Waals surface area contributed by atoms with Crippen LogP contribution in [0, 0.1) is 6.92 Å². The normalized spacial score (nSPS) is 16.6. The molecule has 5 N–H and O–H groups in total. The van der Waals surface area contributed by atoms with Gasteiger partial charge in [-0.2, -0.15) is 11.8 Å². The standard InChI is InChI=1S/C21H24N2O6S/c1-12-10-15(25)18(27)19(29-12)21(6-8-30-9-7-21)11-16(26)23-17(20(22)28)13-2-4-14(24)5-3-13/h2-5,10,17,24,27H,6-9,11H2,1H3,(H2,22,28)(H,23,26). The minimum atomic E-state index is -1.08. The maximum absolute atomic E-state index is 12.9. The maximum Gasteiger partial charge on any atom is 0.244 e. The van der Waals surface area contributed by atoms with Gasteiger partial charge in [0.15, 0.2) is 5.76 Å². The predicted molar refractivity (Wildman–Crippen MR) is 112 cm³/mol. The Kier molecular flexibility index (Phi) is 6.40. The lowest BCUT2D eigenvalue weighted by Crippen LogP contribution is -2.42. The fourth-order valence-corrected chi connectivity index (χ4v) is 4.99. The number of nitrogens with two attached hydrogens (primary N) is 1. The summed E-state index contributed by atoms with van der Waals surface area (Å²) in [7, 11) is 0. The van der Waals surface area contributed by atoms with Crippen LogP contribution in [0.25, 0.3) is 0 Å². The van der Waals surface area contributed by atoms with Crippen LogP contribution < -0.4 is 16.5 Å². The molecule has 9 heteroatoms. The van der Waals surface area contributed by atoms with Crippen LogP contribution in [-0.4, -0.2) is 33.5 Å². The van der Waals surface area contributed by atoms with Crippen LogP contribution in [-0.2, 0) is 15.0 Å². The van der Waals surface area contributed by atoms with Crippen molar-refractivity contribution in [2.24, 2.45) is 5.73 Å². The van der Waals surface area contributed by atoms with Gasteiger partial charge in [-0.15, -0.1) is 0 Å². The van der Waals surface area contributed by atoms with Crippen molar-refractivity contribution >= 4 is 23.6 Å². The van der Waals surface area contributed by atoms with Gasteiger partial charge in [0.25, 0.3) is 0 Å². The Morgan fingerprint density at radius 2 is 1.87 bits per heavy atom. The highest BCUT2D eigenvalue weighted by atomic mass is 32.2. The molecule has 1 atom stereocenters. The van der Waals surface area contributed by atoms with Crippen LogP contribution in [0.5, 0.6) is 11.5 Å². The summed E-state index contributed by atoms with van der Waals surface area (Å²) >= 11 is 1.72. The Bertz CT molecular complexity index is 996. The third-order valence-electron chi connectivity index (χ3n) is 5.29. The van der Waals surface area contributed by atoms with Gasteiger partial charge in [0.05, 0.1) is 0 Å². The number of carbonyl (C=O) groups excluding carboxylic acids is 2. The van der Waals surface area contributed by atoms with E-state index in [1.807, 2.05) is 0 Å². The molecule has 2 heterocycles. The van der Waals surface area contributed by atoms with Crippen molar-refractivity contribution in [3.8, 4) is 11.5 Å². The fraction of sp³-hybridized carbons (Fsp3) is 0.381. The van der Waals surface area contributed by atoms with Gasteiger partial charge in [0, 0.05) is 17.9 Å². The van der Waals surface area contributed by atoms with Crippen molar-refractivity contribution in [2.75, 3.05) is 11.5 Å². The van der Waals surface area contributed by atoms with E-state index in [0.29, 0.717) is 24.2 Å². The van der Waals surface area contributed by atoms with E-state index in [4.69, 9.17) is 10.2 Å². The highest BCUT2D eigenvalue weighted by Crippen LogP contribution is 2.44. The SMILES string of the molecule is Cc1cc(=O)c(O)c(C2(CC(=O)NC(C(N)=O)c3ccc(O)cc3)CCSCC2)o1. The maximum atomic E-state index is 12.9. The van der Waals surface area contributed by atoms with Crippen LogP contribution in [0.1, 0.15) is 42.4 Å². The van der Waals surface area contributed by atoms with Crippen LogP contribution in [0.15, 0.2) is 39.5 Å². The molecule has 1 aromatic carbocycles. The van der Waals surface area contributed by atoms with Gasteiger partial charge in [-0.1, -0.05) is 12.1 Å². The van der Waals surface area contributed by atoms with E-state index in [1.54, 1.807) is 18.7 Å². The summed E-state index contributed by atoms with van der Waals surface area (Å²) in [5.41, 5.74) is 4.50. The second kappa shape index (κ2) is 8.83. The summed E-state index contributed by atoms with van der Waals surface area (Å²) < 4.78 is 5.72. The largest absolute Gasteiger partial charge is 0.508 e. The summed E-state index contributed by atoms with van der Waals surface area (Å²) in [5, 5.41) is 22.5. The average molecular weight is 432 g/mol. The molecule has 1 unspecified atom stereocenters. The first-order valence-electron chi connectivity index (χ1n) is 9.51. The van der Waals surface area contributed by atoms with Crippen LogP contribution in [0.2, 0.25) is 0 Å². The number of aryl methyl sites for hydroxylation is 1. The molecule has 1 saturated heterocycles. The molecule has 160 valence electrons. The molecular weight excluding hydrogens is 408 g/mol. The van der Waals surface area contributed by atoms with E-state index in [-0.39, 0.29) is 17.9 Å². The Morgan fingerprint density at radius 1 is 1.23 bits per heavy atom. The summed E-state index contributed by atoms with van der Waals surface area (Å²) in [6.07, 6.45) is 0.992. The molecule has 1 fully saturated rings. The highest BCUT2D eigenvalue weighted by molar-refractivity contribution is 7.99. The van der Waals surface area contributed by atoms with Crippen LogP contribution in [0.3, 0.4) is 0 Å². The summed E-state index contributed by atoms with van der Waals surface area (Å²) in [6, 6.07) is 5.93. The van der Waals surface area contributed by atoms with Gasteiger partial charge in [0.1, 0.15) is 17.6 Å². The number of benzene rings is 1. The number of carbonyl (C=O) groups is 2. The second-order valence-electron chi connectivity index (χ2n) is 7.46.